The van der Waals surface area contributed by atoms with Gasteiger partial charge in [0.05, 0.1) is 23.2 Å². The molecule has 2 aromatic rings. The summed E-state index contributed by atoms with van der Waals surface area (Å²) in [6.07, 6.45) is 2.03. The van der Waals surface area contributed by atoms with Gasteiger partial charge in [-0.2, -0.15) is 0 Å². The van der Waals surface area contributed by atoms with Crippen LogP contribution in [0, 0.1) is 13.8 Å². The Kier molecular flexibility index (Phi) is 6.90. The van der Waals surface area contributed by atoms with E-state index in [2.05, 4.69) is 0 Å². The summed E-state index contributed by atoms with van der Waals surface area (Å²) < 4.78 is 37.0. The molecule has 1 amide bonds. The molecule has 2 fully saturated rings. The van der Waals surface area contributed by atoms with Crippen LogP contribution in [0.4, 0.5) is 0 Å². The molecule has 0 unspecified atom stereocenters. The van der Waals surface area contributed by atoms with Crippen LogP contribution in [0.2, 0.25) is 0 Å². The number of hydrogen-bond acceptors (Lipinski definition) is 6. The highest BCUT2D eigenvalue weighted by Crippen LogP contribution is 2.23. The number of carbonyl (C=O) groups excluding carboxylic acids is 2. The van der Waals surface area contributed by atoms with Gasteiger partial charge < -0.3 is 18.9 Å². The van der Waals surface area contributed by atoms with Crippen LogP contribution in [0.3, 0.4) is 0 Å². The number of carbonyl (C=O) groups is 2. The average molecular weight is 475 g/mol. The number of rotatable bonds is 7. The molecule has 8 nitrogen and oxygen atoms in total. The number of aryl methyl sites for hydroxylation is 1. The zero-order valence-corrected chi connectivity index (χ0v) is 19.8. The highest BCUT2D eigenvalue weighted by atomic mass is 32.2. The second kappa shape index (κ2) is 9.69. The lowest BCUT2D eigenvalue weighted by molar-refractivity contribution is -0.138. The molecule has 0 N–H and O–H groups in total. The van der Waals surface area contributed by atoms with Gasteiger partial charge in [-0.05, 0) is 51.3 Å². The lowest BCUT2D eigenvalue weighted by atomic mass is 10.1. The number of ether oxygens (including phenoxy) is 2. The zero-order chi connectivity index (χ0) is 23.6. The van der Waals surface area contributed by atoms with Crippen molar-refractivity contribution in [2.24, 2.45) is 0 Å². The van der Waals surface area contributed by atoms with Crippen molar-refractivity contribution in [3.63, 3.8) is 0 Å². The fourth-order valence-electron chi connectivity index (χ4n) is 4.72. The SMILES string of the molecule is Cc1cc(C(=O)OCC(=O)N(C[C@@H]2CCCO2)[C@H]2CCS(=O)(=O)C2)c(C)n1-c1ccccc1. The molecular weight excluding hydrogens is 444 g/mol. The summed E-state index contributed by atoms with van der Waals surface area (Å²) in [5.74, 6) is -0.955. The van der Waals surface area contributed by atoms with Crippen molar-refractivity contribution in [3.8, 4) is 5.69 Å². The fourth-order valence-corrected chi connectivity index (χ4v) is 6.45. The Morgan fingerprint density at radius 1 is 1.18 bits per heavy atom. The van der Waals surface area contributed by atoms with Crippen LogP contribution in [-0.2, 0) is 24.1 Å². The van der Waals surface area contributed by atoms with Crippen LogP contribution in [0.5, 0.6) is 0 Å². The van der Waals surface area contributed by atoms with E-state index in [1.54, 1.807) is 11.0 Å². The number of hydrogen-bond donors (Lipinski definition) is 0. The molecule has 0 radical (unpaired) electrons. The molecular formula is C24H30N2O6S. The first-order chi connectivity index (χ1) is 15.7. The van der Waals surface area contributed by atoms with Gasteiger partial charge >= 0.3 is 5.97 Å². The lowest BCUT2D eigenvalue weighted by Gasteiger charge is -2.30. The van der Waals surface area contributed by atoms with Crippen molar-refractivity contribution >= 4 is 21.7 Å². The highest BCUT2D eigenvalue weighted by molar-refractivity contribution is 7.91. The minimum Gasteiger partial charge on any atom is -0.452 e. The second-order valence-electron chi connectivity index (χ2n) is 8.77. The van der Waals surface area contributed by atoms with E-state index >= 15 is 0 Å². The van der Waals surface area contributed by atoms with Gasteiger partial charge in [-0.1, -0.05) is 18.2 Å². The van der Waals surface area contributed by atoms with Crippen LogP contribution in [0.15, 0.2) is 36.4 Å². The Labute approximate surface area is 194 Å². The molecule has 9 heteroatoms. The number of para-hydroxylation sites is 1. The van der Waals surface area contributed by atoms with Gasteiger partial charge in [-0.15, -0.1) is 0 Å². The molecule has 178 valence electrons. The summed E-state index contributed by atoms with van der Waals surface area (Å²) in [4.78, 5) is 27.4. The number of nitrogens with zero attached hydrogens (tertiary/aromatic N) is 2. The van der Waals surface area contributed by atoms with Crippen molar-refractivity contribution in [2.75, 3.05) is 31.3 Å². The molecule has 0 spiro atoms. The number of sulfone groups is 1. The number of amides is 1. The summed E-state index contributed by atoms with van der Waals surface area (Å²) >= 11 is 0. The molecule has 1 aromatic carbocycles. The normalized spacial score (nSPS) is 21.8. The first-order valence-corrected chi connectivity index (χ1v) is 13.1. The molecule has 2 aliphatic rings. The largest absolute Gasteiger partial charge is 0.452 e. The quantitative estimate of drug-likeness (QED) is 0.572. The van der Waals surface area contributed by atoms with Gasteiger partial charge in [0, 0.05) is 36.3 Å². The molecule has 2 aliphatic heterocycles. The van der Waals surface area contributed by atoms with E-state index in [1.165, 1.54) is 0 Å². The number of benzene rings is 1. The maximum Gasteiger partial charge on any atom is 0.340 e. The van der Waals surface area contributed by atoms with Crippen molar-refractivity contribution < 1.29 is 27.5 Å². The Bertz CT molecular complexity index is 1120. The van der Waals surface area contributed by atoms with Crippen LogP contribution < -0.4 is 0 Å². The van der Waals surface area contributed by atoms with Crippen LogP contribution in [0.1, 0.15) is 41.0 Å². The molecule has 2 saturated heterocycles. The summed E-state index contributed by atoms with van der Waals surface area (Å²) in [5.41, 5.74) is 2.95. The Morgan fingerprint density at radius 3 is 2.58 bits per heavy atom. The lowest BCUT2D eigenvalue weighted by Crippen LogP contribution is -2.47. The van der Waals surface area contributed by atoms with E-state index in [0.29, 0.717) is 25.1 Å². The Balaban J connectivity index is 1.45. The molecule has 1 aromatic heterocycles. The summed E-state index contributed by atoms with van der Waals surface area (Å²) in [5, 5.41) is 0. The predicted octanol–water partition coefficient (Wildman–Crippen LogP) is 2.45. The minimum absolute atomic E-state index is 0.0579. The maximum atomic E-state index is 13.0. The van der Waals surface area contributed by atoms with E-state index in [0.717, 1.165) is 29.9 Å². The predicted molar refractivity (Wildman–Crippen MR) is 123 cm³/mol. The zero-order valence-electron chi connectivity index (χ0n) is 19.0. The van der Waals surface area contributed by atoms with Gasteiger partial charge in [0.15, 0.2) is 16.4 Å². The van der Waals surface area contributed by atoms with Crippen molar-refractivity contribution in [2.45, 2.75) is 45.3 Å². The van der Waals surface area contributed by atoms with Crippen LogP contribution >= 0.6 is 0 Å². The monoisotopic (exact) mass is 474 g/mol. The molecule has 0 bridgehead atoms. The van der Waals surface area contributed by atoms with Gasteiger partial charge in [0.2, 0.25) is 0 Å². The summed E-state index contributed by atoms with van der Waals surface area (Å²) in [6.45, 7) is 4.27. The smallest absolute Gasteiger partial charge is 0.340 e. The molecule has 3 heterocycles. The van der Waals surface area contributed by atoms with Gasteiger partial charge in [-0.25, -0.2) is 13.2 Å². The molecule has 2 atom stereocenters. The fraction of sp³-hybridized carbons (Fsp3) is 0.500. The third-order valence-electron chi connectivity index (χ3n) is 6.39. The van der Waals surface area contributed by atoms with Crippen molar-refractivity contribution in [1.29, 1.82) is 0 Å². The number of esters is 1. The van der Waals surface area contributed by atoms with E-state index in [-0.39, 0.29) is 17.6 Å². The topological polar surface area (TPSA) is 94.9 Å². The van der Waals surface area contributed by atoms with E-state index < -0.39 is 34.4 Å². The van der Waals surface area contributed by atoms with E-state index in [4.69, 9.17) is 9.47 Å². The minimum atomic E-state index is -3.16. The first kappa shape index (κ1) is 23.5. The van der Waals surface area contributed by atoms with Gasteiger partial charge in [0.25, 0.3) is 5.91 Å². The molecule has 33 heavy (non-hydrogen) atoms. The van der Waals surface area contributed by atoms with Crippen LogP contribution in [-0.4, -0.2) is 73.2 Å². The van der Waals surface area contributed by atoms with Crippen molar-refractivity contribution in [1.82, 2.24) is 9.47 Å². The van der Waals surface area contributed by atoms with E-state index in [1.807, 2.05) is 48.7 Å². The Hall–Kier alpha value is -2.65. The third kappa shape index (κ3) is 5.30. The summed E-state index contributed by atoms with van der Waals surface area (Å²) in [6, 6.07) is 11.0. The van der Waals surface area contributed by atoms with Gasteiger partial charge in [-0.3, -0.25) is 4.79 Å². The Morgan fingerprint density at radius 2 is 1.94 bits per heavy atom. The number of aromatic nitrogens is 1. The van der Waals surface area contributed by atoms with E-state index in [9.17, 15) is 18.0 Å². The van der Waals surface area contributed by atoms with Crippen molar-refractivity contribution in [3.05, 3.63) is 53.3 Å². The summed E-state index contributed by atoms with van der Waals surface area (Å²) in [7, 11) is -3.16. The molecule has 0 saturated carbocycles. The molecule has 0 aliphatic carbocycles. The van der Waals surface area contributed by atoms with Crippen LogP contribution in [0.25, 0.3) is 5.69 Å². The highest BCUT2D eigenvalue weighted by Gasteiger charge is 2.36. The maximum absolute atomic E-state index is 13.0. The standard InChI is InChI=1S/C24H30N2O6S/c1-17-13-22(18(2)26(17)19-7-4-3-5-8-19)24(28)32-15-23(27)25(14-21-9-6-11-31-21)20-10-12-33(29,30)16-20/h3-5,7-8,13,20-21H,6,9-12,14-16H2,1-2H3/t20-,21-/m0/s1. The first-order valence-electron chi connectivity index (χ1n) is 11.3. The second-order valence-corrected chi connectivity index (χ2v) is 11.0. The average Bonchev–Trinajstić information content (AvgIpc) is 3.50. The van der Waals surface area contributed by atoms with Gasteiger partial charge in [0.1, 0.15) is 0 Å². The molecule has 4 rings (SSSR count). The third-order valence-corrected chi connectivity index (χ3v) is 8.14.